The van der Waals surface area contributed by atoms with Crippen molar-refractivity contribution in [2.75, 3.05) is 13.2 Å². The fourth-order valence-corrected chi connectivity index (χ4v) is 8.32. The molecule has 1 atom stereocenters. The van der Waals surface area contributed by atoms with E-state index in [2.05, 4.69) is 98.9 Å². The number of hydrogen-bond donors (Lipinski definition) is 1. The first-order valence-electron chi connectivity index (χ1n) is 29.1. The summed E-state index contributed by atoms with van der Waals surface area (Å²) in [6.07, 6.45) is 81.3. The zero-order valence-electron chi connectivity index (χ0n) is 44.9. The van der Waals surface area contributed by atoms with E-state index < -0.39 is 6.10 Å². The lowest BCUT2D eigenvalue weighted by molar-refractivity contribution is -0.161. The van der Waals surface area contributed by atoms with E-state index in [0.29, 0.717) is 12.8 Å². The maximum absolute atomic E-state index is 12.3. The molecule has 0 amide bonds. The van der Waals surface area contributed by atoms with Gasteiger partial charge in [0.2, 0.25) is 0 Å². The van der Waals surface area contributed by atoms with E-state index in [0.717, 1.165) is 83.5 Å². The van der Waals surface area contributed by atoms with Crippen LogP contribution in [-0.2, 0) is 19.1 Å². The van der Waals surface area contributed by atoms with Gasteiger partial charge in [-0.3, -0.25) is 9.59 Å². The monoisotopic (exact) mass is 947 g/mol. The molecule has 0 aliphatic carbocycles. The van der Waals surface area contributed by atoms with E-state index in [9.17, 15) is 14.7 Å². The first-order valence-corrected chi connectivity index (χ1v) is 29.1. The maximum Gasteiger partial charge on any atom is 0.306 e. The zero-order valence-corrected chi connectivity index (χ0v) is 44.9. The third-order valence-electron chi connectivity index (χ3n) is 12.7. The molecule has 0 spiro atoms. The molecule has 0 fully saturated rings. The molecule has 1 unspecified atom stereocenters. The van der Waals surface area contributed by atoms with E-state index in [4.69, 9.17) is 9.47 Å². The lowest BCUT2D eigenvalue weighted by atomic mass is 10.0. The van der Waals surface area contributed by atoms with E-state index in [1.54, 1.807) is 0 Å². The van der Waals surface area contributed by atoms with Crippen LogP contribution in [0.4, 0.5) is 0 Å². The lowest BCUT2D eigenvalue weighted by Gasteiger charge is -2.15. The number of aliphatic hydroxyl groups excluding tert-OH is 1. The Kier molecular flexibility index (Phi) is 55.9. The molecule has 392 valence electrons. The lowest BCUT2D eigenvalue weighted by Crippen LogP contribution is -2.28. The first-order chi connectivity index (χ1) is 33.6. The summed E-state index contributed by atoms with van der Waals surface area (Å²) >= 11 is 0. The number of carbonyl (C=O) groups is 2. The molecule has 0 aliphatic heterocycles. The summed E-state index contributed by atoms with van der Waals surface area (Å²) in [5, 5.41) is 9.66. The molecule has 0 heterocycles. The van der Waals surface area contributed by atoms with Gasteiger partial charge in [0.05, 0.1) is 6.61 Å². The van der Waals surface area contributed by atoms with E-state index in [1.807, 2.05) is 0 Å². The van der Waals surface area contributed by atoms with Crippen LogP contribution in [0.25, 0.3) is 0 Å². The molecule has 0 radical (unpaired) electrons. The zero-order chi connectivity index (χ0) is 49.2. The molecule has 68 heavy (non-hydrogen) atoms. The van der Waals surface area contributed by atoms with Crippen molar-refractivity contribution in [3.63, 3.8) is 0 Å². The highest BCUT2D eigenvalue weighted by molar-refractivity contribution is 5.70. The second-order valence-corrected chi connectivity index (χ2v) is 19.3. The van der Waals surface area contributed by atoms with Crippen molar-refractivity contribution in [3.05, 3.63) is 85.1 Å². The number of allylic oxidation sites excluding steroid dienone is 14. The Morgan fingerprint density at radius 2 is 0.632 bits per heavy atom. The standard InChI is InChI=1S/C63H110O5/c1-3-5-7-9-11-13-15-17-19-21-23-25-27-29-31-33-35-37-39-41-43-45-47-49-51-53-55-57-62(65)67-60-61(59-64)68-63(66)58-56-54-52-50-48-46-44-42-40-38-36-34-32-30-28-26-24-22-20-18-16-14-12-10-8-6-4-2/h6,8,12,14,18,20-21,23-24,26,30,32,36,38,61,64H,3-5,7,9-11,13,15-17,19,22,25,27-29,31,33-35,37,39-60H2,1-2H3/b8-6-,14-12-,20-18-,23-21-,26-24-,32-30-,38-36-. The molecule has 5 nitrogen and oxygen atoms in total. The molecule has 0 aromatic rings. The Morgan fingerprint density at radius 1 is 0.353 bits per heavy atom. The molecule has 0 bridgehead atoms. The van der Waals surface area contributed by atoms with Crippen LogP contribution in [0.5, 0.6) is 0 Å². The Bertz CT molecular complexity index is 1250. The number of carbonyl (C=O) groups excluding carboxylic acids is 2. The van der Waals surface area contributed by atoms with Crippen molar-refractivity contribution in [2.24, 2.45) is 0 Å². The summed E-state index contributed by atoms with van der Waals surface area (Å²) in [5.74, 6) is -0.594. The van der Waals surface area contributed by atoms with E-state index in [-0.39, 0.29) is 25.2 Å². The van der Waals surface area contributed by atoms with Crippen LogP contribution in [0.1, 0.15) is 284 Å². The van der Waals surface area contributed by atoms with Crippen LogP contribution in [0.2, 0.25) is 0 Å². The molecule has 0 saturated heterocycles. The van der Waals surface area contributed by atoms with Gasteiger partial charge in [-0.05, 0) is 89.9 Å². The fourth-order valence-electron chi connectivity index (χ4n) is 8.32. The molecule has 0 saturated carbocycles. The maximum atomic E-state index is 12.3. The fraction of sp³-hybridized carbons (Fsp3) is 0.746. The van der Waals surface area contributed by atoms with Crippen LogP contribution in [0, 0.1) is 0 Å². The normalized spacial score (nSPS) is 12.8. The van der Waals surface area contributed by atoms with Gasteiger partial charge < -0.3 is 14.6 Å². The largest absolute Gasteiger partial charge is 0.462 e. The highest BCUT2D eigenvalue weighted by Gasteiger charge is 2.16. The van der Waals surface area contributed by atoms with Crippen molar-refractivity contribution in [3.8, 4) is 0 Å². The number of unbranched alkanes of at least 4 members (excludes halogenated alkanes) is 31. The van der Waals surface area contributed by atoms with Gasteiger partial charge >= 0.3 is 11.9 Å². The molecule has 0 aromatic carbocycles. The van der Waals surface area contributed by atoms with Gasteiger partial charge in [-0.2, -0.15) is 0 Å². The summed E-state index contributed by atoms with van der Waals surface area (Å²) < 4.78 is 10.7. The third kappa shape index (κ3) is 55.7. The van der Waals surface area contributed by atoms with Crippen LogP contribution >= 0.6 is 0 Å². The van der Waals surface area contributed by atoms with Crippen LogP contribution in [0.3, 0.4) is 0 Å². The SMILES string of the molecule is CC/C=C\C/C=C\C/C=C\C/C=C\C/C=C\C/C=C\CCCCCCCCCCC(=O)OC(CO)COC(=O)CCCCCCCCCCCCCCCCC/C=C\CCCCCCCCCC. The number of ether oxygens (including phenoxy) is 2. The summed E-state index contributed by atoms with van der Waals surface area (Å²) in [5.41, 5.74) is 0. The van der Waals surface area contributed by atoms with Gasteiger partial charge in [-0.15, -0.1) is 0 Å². The number of rotatable bonds is 53. The quantitative estimate of drug-likeness (QED) is 0.0374. The highest BCUT2D eigenvalue weighted by Crippen LogP contribution is 2.16. The van der Waals surface area contributed by atoms with Crippen LogP contribution < -0.4 is 0 Å². The van der Waals surface area contributed by atoms with Gasteiger partial charge in [0.25, 0.3) is 0 Å². The Morgan fingerprint density at radius 3 is 0.971 bits per heavy atom. The van der Waals surface area contributed by atoms with Gasteiger partial charge in [0.15, 0.2) is 6.10 Å². The van der Waals surface area contributed by atoms with Crippen molar-refractivity contribution >= 4 is 11.9 Å². The summed E-state index contributed by atoms with van der Waals surface area (Å²) in [7, 11) is 0. The average Bonchev–Trinajstić information content (AvgIpc) is 3.34. The van der Waals surface area contributed by atoms with Crippen molar-refractivity contribution in [2.45, 2.75) is 290 Å². The molecule has 0 aliphatic rings. The molecule has 1 N–H and O–H groups in total. The number of aliphatic hydroxyl groups is 1. The van der Waals surface area contributed by atoms with E-state index >= 15 is 0 Å². The Hall–Kier alpha value is -2.92. The smallest absolute Gasteiger partial charge is 0.306 e. The third-order valence-corrected chi connectivity index (χ3v) is 12.7. The minimum absolute atomic E-state index is 0.0709. The Balaban J connectivity index is 3.51. The van der Waals surface area contributed by atoms with Gasteiger partial charge in [-0.1, -0.05) is 266 Å². The molecule has 5 heteroatoms. The average molecular weight is 948 g/mol. The van der Waals surface area contributed by atoms with Crippen molar-refractivity contribution in [1.29, 1.82) is 0 Å². The molecule has 0 rings (SSSR count). The second-order valence-electron chi connectivity index (χ2n) is 19.3. The number of esters is 2. The number of hydrogen-bond acceptors (Lipinski definition) is 5. The van der Waals surface area contributed by atoms with Gasteiger partial charge in [0.1, 0.15) is 6.61 Å². The molecular weight excluding hydrogens is 837 g/mol. The minimum Gasteiger partial charge on any atom is -0.462 e. The van der Waals surface area contributed by atoms with Gasteiger partial charge in [-0.25, -0.2) is 0 Å². The van der Waals surface area contributed by atoms with Gasteiger partial charge in [0, 0.05) is 12.8 Å². The second kappa shape index (κ2) is 58.4. The topological polar surface area (TPSA) is 72.8 Å². The predicted molar refractivity (Wildman–Crippen MR) is 297 cm³/mol. The predicted octanol–water partition coefficient (Wildman–Crippen LogP) is 19.8. The Labute approximate surface area is 422 Å². The summed E-state index contributed by atoms with van der Waals surface area (Å²) in [6, 6.07) is 0. The highest BCUT2D eigenvalue weighted by atomic mass is 16.6. The summed E-state index contributed by atoms with van der Waals surface area (Å²) in [4.78, 5) is 24.5. The molecule has 0 aromatic heterocycles. The van der Waals surface area contributed by atoms with Crippen molar-refractivity contribution in [1.82, 2.24) is 0 Å². The minimum atomic E-state index is -0.781. The molecular formula is C63H110O5. The summed E-state index contributed by atoms with van der Waals surface area (Å²) in [6.45, 7) is 4.04. The van der Waals surface area contributed by atoms with Crippen LogP contribution in [0.15, 0.2) is 85.1 Å². The van der Waals surface area contributed by atoms with Crippen molar-refractivity contribution < 1.29 is 24.2 Å². The van der Waals surface area contributed by atoms with Crippen LogP contribution in [-0.4, -0.2) is 36.4 Å². The first kappa shape index (κ1) is 65.1. The van der Waals surface area contributed by atoms with E-state index in [1.165, 1.54) is 173 Å².